The Morgan fingerprint density at radius 3 is 2.46 bits per heavy atom. The number of rotatable bonds is 2. The molecule has 6 fully saturated rings. The first-order chi connectivity index (χ1) is 19.3. The number of Topliss-reactive ketones (excluding diaryl/α,β-unsaturated/α-hetero) is 1. The van der Waals surface area contributed by atoms with Gasteiger partial charge in [0.1, 0.15) is 24.9 Å². The number of aliphatic hydroxyl groups excluding tert-OH is 2. The van der Waals surface area contributed by atoms with Crippen molar-refractivity contribution in [2.45, 2.75) is 114 Å². The van der Waals surface area contributed by atoms with Crippen molar-refractivity contribution in [2.75, 3.05) is 13.7 Å². The van der Waals surface area contributed by atoms with Gasteiger partial charge in [-0.25, -0.2) is 4.79 Å². The molecule has 0 aromatic carbocycles. The number of esters is 1. The van der Waals surface area contributed by atoms with Gasteiger partial charge in [-0.15, -0.1) is 0 Å². The quantitative estimate of drug-likeness (QED) is 0.268. The number of carbonyl (C=O) groups excluding carboxylic acids is 2. The lowest BCUT2D eigenvalue weighted by Crippen LogP contribution is -2.75. The van der Waals surface area contributed by atoms with Gasteiger partial charge in [0.15, 0.2) is 5.78 Å². The smallest absolute Gasteiger partial charge is 0.331 e. The molecule has 0 aromatic rings. The minimum absolute atomic E-state index is 0.103. The predicted molar refractivity (Wildman–Crippen MR) is 139 cm³/mol. The summed E-state index contributed by atoms with van der Waals surface area (Å²) in [5.74, 6) is -4.61. The second-order valence-electron chi connectivity index (χ2n) is 14.1. The lowest BCUT2D eigenvalue weighted by molar-refractivity contribution is -0.466. The van der Waals surface area contributed by atoms with Gasteiger partial charge in [-0.3, -0.25) is 4.79 Å². The highest BCUT2D eigenvalue weighted by Gasteiger charge is 2.75. The summed E-state index contributed by atoms with van der Waals surface area (Å²) in [6, 6.07) is 0. The summed E-state index contributed by atoms with van der Waals surface area (Å²) in [5.41, 5.74) is -2.68. The van der Waals surface area contributed by atoms with Crippen LogP contribution in [0, 0.1) is 34.5 Å². The van der Waals surface area contributed by atoms with E-state index in [0.717, 1.165) is 0 Å². The van der Waals surface area contributed by atoms with Gasteiger partial charge in [-0.2, -0.15) is 0 Å². The minimum atomic E-state index is -1.89. The summed E-state index contributed by atoms with van der Waals surface area (Å²) in [5, 5.41) is 47.5. The summed E-state index contributed by atoms with van der Waals surface area (Å²) in [6.45, 7) is 5.67. The Morgan fingerprint density at radius 2 is 1.78 bits per heavy atom. The number of hydrogen-bond donors (Lipinski definition) is 4. The second kappa shape index (κ2) is 9.04. The van der Waals surface area contributed by atoms with Gasteiger partial charge < -0.3 is 44.1 Å². The molecule has 0 spiro atoms. The van der Waals surface area contributed by atoms with Crippen LogP contribution in [-0.4, -0.2) is 100 Å². The number of aliphatic hydroxyl groups is 4. The molecule has 11 heteroatoms. The Labute approximate surface area is 239 Å². The minimum Gasteiger partial charge on any atom is -0.458 e. The van der Waals surface area contributed by atoms with Gasteiger partial charge in [0, 0.05) is 30.9 Å². The van der Waals surface area contributed by atoms with Crippen LogP contribution in [0.25, 0.3) is 0 Å². The molecule has 3 aliphatic heterocycles. The van der Waals surface area contributed by atoms with Crippen LogP contribution in [0.4, 0.5) is 0 Å². The van der Waals surface area contributed by atoms with E-state index in [1.807, 2.05) is 13.8 Å². The monoisotopic (exact) mass is 578 g/mol. The van der Waals surface area contributed by atoms with Crippen molar-refractivity contribution in [3.05, 3.63) is 11.6 Å². The van der Waals surface area contributed by atoms with E-state index in [2.05, 4.69) is 0 Å². The molecule has 4 saturated carbocycles. The summed E-state index contributed by atoms with van der Waals surface area (Å²) in [7, 11) is 1.49. The molecule has 7 rings (SSSR count). The topological polar surface area (TPSA) is 161 Å². The van der Waals surface area contributed by atoms with E-state index in [4.69, 9.17) is 23.7 Å². The zero-order valence-corrected chi connectivity index (χ0v) is 24.0. The van der Waals surface area contributed by atoms with Gasteiger partial charge in [-0.1, -0.05) is 13.8 Å². The normalized spacial score (nSPS) is 58.0. The molecule has 3 heterocycles. The highest BCUT2D eigenvalue weighted by atomic mass is 16.8. The van der Waals surface area contributed by atoms with Crippen LogP contribution < -0.4 is 0 Å². The first kappa shape index (κ1) is 28.3. The maximum absolute atomic E-state index is 14.3. The Hall–Kier alpha value is -1.44. The van der Waals surface area contributed by atoms with Crippen LogP contribution in [0.15, 0.2) is 11.6 Å². The molecule has 7 aliphatic rings. The Balaban J connectivity index is 1.23. The summed E-state index contributed by atoms with van der Waals surface area (Å²) in [4.78, 5) is 26.2. The zero-order chi connectivity index (χ0) is 29.3. The number of carbonyl (C=O) groups is 2. The van der Waals surface area contributed by atoms with Gasteiger partial charge >= 0.3 is 5.97 Å². The fraction of sp³-hybridized carbons (Fsp3) is 0.867. The van der Waals surface area contributed by atoms with Gasteiger partial charge in [0.2, 0.25) is 12.1 Å². The third-order valence-electron chi connectivity index (χ3n) is 12.5. The zero-order valence-electron chi connectivity index (χ0n) is 24.0. The predicted octanol–water partition coefficient (Wildman–Crippen LogP) is 0.596. The van der Waals surface area contributed by atoms with Crippen LogP contribution >= 0.6 is 0 Å². The molecule has 0 amide bonds. The lowest BCUT2D eigenvalue weighted by atomic mass is 9.41. The van der Waals surface area contributed by atoms with Crippen LogP contribution in [0.1, 0.15) is 59.3 Å². The molecule has 0 radical (unpaired) electrons. The highest BCUT2D eigenvalue weighted by molar-refractivity contribution is 5.90. The average Bonchev–Trinajstić information content (AvgIpc) is 3.47. The van der Waals surface area contributed by atoms with E-state index in [0.29, 0.717) is 37.7 Å². The van der Waals surface area contributed by atoms with Crippen LogP contribution in [0.2, 0.25) is 0 Å². The average molecular weight is 579 g/mol. The van der Waals surface area contributed by atoms with Gasteiger partial charge in [0.25, 0.3) is 0 Å². The summed E-state index contributed by atoms with van der Waals surface area (Å²) in [6.07, 6.45) is -2.06. The first-order valence-corrected chi connectivity index (χ1v) is 15.0. The number of cyclic esters (lactones) is 1. The highest BCUT2D eigenvalue weighted by Crippen LogP contribution is 2.69. The molecule has 4 N–H and O–H groups in total. The molecule has 41 heavy (non-hydrogen) atoms. The van der Waals surface area contributed by atoms with Crippen molar-refractivity contribution in [3.8, 4) is 0 Å². The standard InChI is InChI=1S/C30H42O11/c1-13-9-19(37-4)30(36)26(39-13)40-24-18(41-30)11-27(2)17(22(24)32)6-5-16-21(27)23(33)25(34)28(3)15(7-8-29(16,28)35)14-10-20(31)38-12-14/h10,13,15-19,21-22,24-26,32,34-36H,5-9,11-12H2,1-4H3/t13-,15-,16-,17-,18-,19-,21+,22-,24+,25+,26+,27+,28+,29+,30+/m1/s1. The van der Waals surface area contributed by atoms with Crippen molar-refractivity contribution in [2.24, 2.45) is 34.5 Å². The second-order valence-corrected chi connectivity index (χ2v) is 14.1. The number of ketones is 1. The van der Waals surface area contributed by atoms with Crippen molar-refractivity contribution >= 4 is 11.8 Å². The molecule has 0 bridgehead atoms. The number of ether oxygens (including phenoxy) is 5. The van der Waals surface area contributed by atoms with Gasteiger partial charge in [-0.05, 0) is 67.8 Å². The third kappa shape index (κ3) is 3.49. The molecule has 4 aliphatic carbocycles. The van der Waals surface area contributed by atoms with Crippen molar-refractivity contribution in [3.63, 3.8) is 0 Å². The van der Waals surface area contributed by atoms with E-state index < -0.39 is 76.8 Å². The first-order valence-electron chi connectivity index (χ1n) is 15.0. The summed E-state index contributed by atoms with van der Waals surface area (Å²) >= 11 is 0. The van der Waals surface area contributed by atoms with E-state index in [9.17, 15) is 30.0 Å². The van der Waals surface area contributed by atoms with Crippen molar-refractivity contribution in [1.29, 1.82) is 0 Å². The molecule has 2 saturated heterocycles. The fourth-order valence-corrected chi connectivity index (χ4v) is 10.5. The third-order valence-corrected chi connectivity index (χ3v) is 12.5. The number of fused-ring (bicyclic) bond motifs is 7. The number of hydrogen-bond acceptors (Lipinski definition) is 11. The van der Waals surface area contributed by atoms with E-state index in [1.165, 1.54) is 13.2 Å². The van der Waals surface area contributed by atoms with E-state index in [-0.39, 0.29) is 36.8 Å². The Kier molecular flexibility index (Phi) is 6.25. The molecule has 228 valence electrons. The SMILES string of the molecule is CO[C@@H]1C[C@@H](C)O[C@H]2O[C@@H]3[C@H](O)[C@H]4CC[C@@H]5[C@@H](C(=O)[C@H](O)[C@]6(C)[C@@H](C7=CC(=O)OC7)CC[C@]56O)[C@@]4(C)C[C@H]3O[C@]21O. The molecule has 0 aromatic heterocycles. The number of methoxy groups -OCH3 is 1. The van der Waals surface area contributed by atoms with Crippen LogP contribution in [0.3, 0.4) is 0 Å². The Morgan fingerprint density at radius 1 is 1.05 bits per heavy atom. The molecule has 11 nitrogen and oxygen atoms in total. The molecular weight excluding hydrogens is 536 g/mol. The maximum atomic E-state index is 14.3. The van der Waals surface area contributed by atoms with Crippen LogP contribution in [-0.2, 0) is 33.3 Å². The van der Waals surface area contributed by atoms with Crippen molar-refractivity contribution < 1.29 is 53.7 Å². The molecule has 0 unspecified atom stereocenters. The molecule has 15 atom stereocenters. The van der Waals surface area contributed by atoms with E-state index in [1.54, 1.807) is 6.92 Å². The van der Waals surface area contributed by atoms with Crippen LogP contribution in [0.5, 0.6) is 0 Å². The molecular formula is C30H42O11. The van der Waals surface area contributed by atoms with Gasteiger partial charge in [0.05, 0.1) is 23.9 Å². The lowest BCUT2D eigenvalue weighted by Gasteiger charge is -2.66. The summed E-state index contributed by atoms with van der Waals surface area (Å²) < 4.78 is 29.1. The fourth-order valence-electron chi connectivity index (χ4n) is 10.5. The Bertz CT molecular complexity index is 1170. The van der Waals surface area contributed by atoms with E-state index >= 15 is 0 Å². The largest absolute Gasteiger partial charge is 0.458 e. The maximum Gasteiger partial charge on any atom is 0.331 e. The van der Waals surface area contributed by atoms with Crippen molar-refractivity contribution in [1.82, 2.24) is 0 Å².